The van der Waals surface area contributed by atoms with Crippen LogP contribution in [-0.4, -0.2) is 54.8 Å². The van der Waals surface area contributed by atoms with E-state index in [-0.39, 0.29) is 19.1 Å². The maximum absolute atomic E-state index is 12.4. The number of carboxylic acids is 1. The predicted octanol–water partition coefficient (Wildman–Crippen LogP) is 1.54. The molecule has 0 aromatic heterocycles. The van der Waals surface area contributed by atoms with Gasteiger partial charge in [-0.3, -0.25) is 9.59 Å². The molecule has 2 unspecified atom stereocenters. The molecule has 1 amide bonds. The van der Waals surface area contributed by atoms with Gasteiger partial charge in [0.2, 0.25) is 0 Å². The Kier molecular flexibility index (Phi) is 5.74. The summed E-state index contributed by atoms with van der Waals surface area (Å²) in [6.45, 7) is 2.72. The van der Waals surface area contributed by atoms with Gasteiger partial charge in [0.1, 0.15) is 11.5 Å². The Morgan fingerprint density at radius 2 is 2.04 bits per heavy atom. The number of likely N-dealkylation sites (tertiary alicyclic amines) is 1. The third kappa shape index (κ3) is 4.09. The molecule has 1 aliphatic rings. The van der Waals surface area contributed by atoms with E-state index in [0.29, 0.717) is 19.6 Å². The number of methoxy groups -OCH3 is 1. The van der Waals surface area contributed by atoms with Crippen molar-refractivity contribution >= 4 is 11.9 Å². The van der Waals surface area contributed by atoms with Crippen molar-refractivity contribution in [3.8, 4) is 0 Å². The van der Waals surface area contributed by atoms with Gasteiger partial charge in [-0.1, -0.05) is 30.3 Å². The molecule has 1 fully saturated rings. The highest BCUT2D eigenvalue weighted by molar-refractivity contribution is 5.83. The first-order valence-corrected chi connectivity index (χ1v) is 7.65. The summed E-state index contributed by atoms with van der Waals surface area (Å²) < 4.78 is 10.7. The predicted molar refractivity (Wildman–Crippen MR) is 83.8 cm³/mol. The number of hydrogen-bond donors (Lipinski definition) is 1. The van der Waals surface area contributed by atoms with Crippen molar-refractivity contribution in [2.75, 3.05) is 26.8 Å². The third-order valence-electron chi connectivity index (χ3n) is 4.23. The second kappa shape index (κ2) is 7.57. The van der Waals surface area contributed by atoms with Crippen LogP contribution in [0.2, 0.25) is 0 Å². The fourth-order valence-electron chi connectivity index (χ4n) is 2.81. The number of amides is 1. The zero-order valence-electron chi connectivity index (χ0n) is 13.5. The highest BCUT2D eigenvalue weighted by Gasteiger charge is 2.47. The van der Waals surface area contributed by atoms with Gasteiger partial charge in [0, 0.05) is 20.2 Å². The van der Waals surface area contributed by atoms with E-state index in [2.05, 4.69) is 0 Å². The van der Waals surface area contributed by atoms with Gasteiger partial charge in [0.05, 0.1) is 13.2 Å². The van der Waals surface area contributed by atoms with Crippen LogP contribution in [0.5, 0.6) is 0 Å². The van der Waals surface area contributed by atoms with Crippen LogP contribution >= 0.6 is 0 Å². The number of ether oxygens (including phenoxy) is 2. The van der Waals surface area contributed by atoms with E-state index in [1.807, 2.05) is 30.3 Å². The number of rotatable bonds is 7. The standard InChI is InChI=1S/C17H23NO5/c1-13(23-10-14-6-4-3-5-7-14)15(19)18-9-8-17(11-18,12-22-2)16(20)21/h3-7,13H,8-12H2,1-2H3,(H,20,21). The number of carbonyl (C=O) groups excluding carboxylic acids is 1. The van der Waals surface area contributed by atoms with Gasteiger partial charge in [-0.25, -0.2) is 0 Å². The summed E-state index contributed by atoms with van der Waals surface area (Å²) in [5, 5.41) is 9.44. The number of benzene rings is 1. The van der Waals surface area contributed by atoms with Crippen molar-refractivity contribution in [2.24, 2.45) is 5.41 Å². The molecule has 1 aliphatic heterocycles. The molecule has 2 rings (SSSR count). The Morgan fingerprint density at radius 1 is 1.35 bits per heavy atom. The van der Waals surface area contributed by atoms with Crippen molar-refractivity contribution < 1.29 is 24.2 Å². The summed E-state index contributed by atoms with van der Waals surface area (Å²) in [7, 11) is 1.47. The molecule has 0 bridgehead atoms. The van der Waals surface area contributed by atoms with E-state index >= 15 is 0 Å². The molecule has 2 atom stereocenters. The average molecular weight is 321 g/mol. The highest BCUT2D eigenvalue weighted by atomic mass is 16.5. The lowest BCUT2D eigenvalue weighted by Gasteiger charge is -2.25. The maximum Gasteiger partial charge on any atom is 0.313 e. The van der Waals surface area contributed by atoms with Gasteiger partial charge in [0.15, 0.2) is 0 Å². The molecule has 0 aliphatic carbocycles. The number of hydrogen-bond acceptors (Lipinski definition) is 4. The lowest BCUT2D eigenvalue weighted by Crippen LogP contribution is -2.43. The normalized spacial score (nSPS) is 22.1. The van der Waals surface area contributed by atoms with Crippen LogP contribution in [0.15, 0.2) is 30.3 Å². The monoisotopic (exact) mass is 321 g/mol. The first kappa shape index (κ1) is 17.4. The van der Waals surface area contributed by atoms with Gasteiger partial charge in [-0.2, -0.15) is 0 Å². The minimum Gasteiger partial charge on any atom is -0.481 e. The van der Waals surface area contributed by atoms with Crippen LogP contribution in [0, 0.1) is 5.41 Å². The molecule has 1 saturated heterocycles. The van der Waals surface area contributed by atoms with Crippen molar-refractivity contribution in [1.29, 1.82) is 0 Å². The van der Waals surface area contributed by atoms with Crippen LogP contribution in [0.1, 0.15) is 18.9 Å². The minimum absolute atomic E-state index is 0.103. The van der Waals surface area contributed by atoms with Gasteiger partial charge in [0.25, 0.3) is 5.91 Å². The molecule has 6 nitrogen and oxygen atoms in total. The summed E-state index contributed by atoms with van der Waals surface area (Å²) in [5.41, 5.74) is -0.0170. The van der Waals surface area contributed by atoms with Crippen LogP contribution in [0.25, 0.3) is 0 Å². The lowest BCUT2D eigenvalue weighted by atomic mass is 9.88. The largest absolute Gasteiger partial charge is 0.481 e. The topological polar surface area (TPSA) is 76.1 Å². The first-order chi connectivity index (χ1) is 11.0. The molecule has 1 aromatic rings. The highest BCUT2D eigenvalue weighted by Crippen LogP contribution is 2.31. The van der Waals surface area contributed by atoms with Gasteiger partial charge < -0.3 is 19.5 Å². The van der Waals surface area contributed by atoms with E-state index in [4.69, 9.17) is 9.47 Å². The van der Waals surface area contributed by atoms with E-state index < -0.39 is 17.5 Å². The Labute approximate surface area is 136 Å². The van der Waals surface area contributed by atoms with Crippen molar-refractivity contribution in [2.45, 2.75) is 26.1 Å². The van der Waals surface area contributed by atoms with E-state index in [1.165, 1.54) is 7.11 Å². The zero-order valence-corrected chi connectivity index (χ0v) is 13.5. The average Bonchev–Trinajstić information content (AvgIpc) is 2.99. The molecule has 126 valence electrons. The lowest BCUT2D eigenvalue weighted by molar-refractivity contribution is -0.152. The molecule has 6 heteroatoms. The summed E-state index contributed by atoms with van der Waals surface area (Å²) in [5.74, 6) is -1.10. The fourth-order valence-corrected chi connectivity index (χ4v) is 2.81. The van der Waals surface area contributed by atoms with Crippen molar-refractivity contribution in [3.05, 3.63) is 35.9 Å². The van der Waals surface area contributed by atoms with E-state index in [1.54, 1.807) is 11.8 Å². The fraction of sp³-hybridized carbons (Fsp3) is 0.529. The molecule has 1 N–H and O–H groups in total. The number of aliphatic carboxylic acids is 1. The number of nitrogens with zero attached hydrogens (tertiary/aromatic N) is 1. The SMILES string of the molecule is COCC1(C(=O)O)CCN(C(=O)C(C)OCc2ccccc2)C1. The summed E-state index contributed by atoms with van der Waals surface area (Å²) in [4.78, 5) is 25.5. The minimum atomic E-state index is -1.01. The van der Waals surface area contributed by atoms with Gasteiger partial charge >= 0.3 is 5.97 Å². The Morgan fingerprint density at radius 3 is 2.65 bits per heavy atom. The van der Waals surface area contributed by atoms with Crippen LogP contribution in [0.3, 0.4) is 0 Å². The Bertz CT molecular complexity index is 547. The molecule has 0 spiro atoms. The molecular weight excluding hydrogens is 298 g/mol. The molecule has 1 heterocycles. The molecular formula is C17H23NO5. The van der Waals surface area contributed by atoms with Crippen molar-refractivity contribution in [1.82, 2.24) is 4.90 Å². The number of carbonyl (C=O) groups is 2. The molecule has 0 radical (unpaired) electrons. The number of carboxylic acid groups (broad SMARTS) is 1. The van der Waals surface area contributed by atoms with Crippen LogP contribution in [-0.2, 0) is 25.7 Å². The summed E-state index contributed by atoms with van der Waals surface area (Å²) in [6.07, 6.45) is -0.213. The summed E-state index contributed by atoms with van der Waals surface area (Å²) >= 11 is 0. The van der Waals surface area contributed by atoms with E-state index in [9.17, 15) is 14.7 Å². The molecule has 0 saturated carbocycles. The van der Waals surface area contributed by atoms with Gasteiger partial charge in [-0.15, -0.1) is 0 Å². The first-order valence-electron chi connectivity index (χ1n) is 7.65. The second-order valence-corrected chi connectivity index (χ2v) is 5.97. The van der Waals surface area contributed by atoms with Crippen molar-refractivity contribution in [3.63, 3.8) is 0 Å². The smallest absolute Gasteiger partial charge is 0.313 e. The quantitative estimate of drug-likeness (QED) is 0.824. The van der Waals surface area contributed by atoms with Gasteiger partial charge in [-0.05, 0) is 18.9 Å². The zero-order chi connectivity index (χ0) is 16.9. The van der Waals surface area contributed by atoms with Crippen LogP contribution < -0.4 is 0 Å². The van der Waals surface area contributed by atoms with Crippen LogP contribution in [0.4, 0.5) is 0 Å². The molecule has 1 aromatic carbocycles. The molecule has 23 heavy (non-hydrogen) atoms. The van der Waals surface area contributed by atoms with E-state index in [0.717, 1.165) is 5.56 Å². The second-order valence-electron chi connectivity index (χ2n) is 5.97. The Hall–Kier alpha value is -1.92. The summed E-state index contributed by atoms with van der Waals surface area (Å²) in [6, 6.07) is 9.61. The maximum atomic E-state index is 12.4. The Balaban J connectivity index is 1.91. The third-order valence-corrected chi connectivity index (χ3v) is 4.23.